The molecule has 0 radical (unpaired) electrons. The smallest absolute Gasteiger partial charge is 0.257 e. The van der Waals surface area contributed by atoms with E-state index in [0.29, 0.717) is 17.3 Å². The maximum atomic E-state index is 13.8. The van der Waals surface area contributed by atoms with E-state index >= 15 is 0 Å². The summed E-state index contributed by atoms with van der Waals surface area (Å²) in [6, 6.07) is 6.99. The summed E-state index contributed by atoms with van der Waals surface area (Å²) in [6.45, 7) is 6.59. The maximum Gasteiger partial charge on any atom is 0.257 e. The van der Waals surface area contributed by atoms with Gasteiger partial charge < -0.3 is 20.9 Å². The highest BCUT2D eigenvalue weighted by Gasteiger charge is 2.41. The minimum atomic E-state index is -4.30. The minimum absolute atomic E-state index is 0.00434. The summed E-state index contributed by atoms with van der Waals surface area (Å²) < 4.78 is 55.6. The number of nitrogens with two attached hydrogens (primary N) is 1. The van der Waals surface area contributed by atoms with Crippen LogP contribution in [-0.4, -0.2) is 79.4 Å². The van der Waals surface area contributed by atoms with Crippen molar-refractivity contribution in [3.05, 3.63) is 70.4 Å². The highest BCUT2D eigenvalue weighted by molar-refractivity contribution is 7.89. The molecule has 0 bridgehead atoms. The van der Waals surface area contributed by atoms with Crippen LogP contribution < -0.4 is 16.0 Å². The van der Waals surface area contributed by atoms with E-state index in [0.717, 1.165) is 48.3 Å². The number of fused-ring (bicyclic) bond motifs is 1. The lowest BCUT2D eigenvalue weighted by Crippen LogP contribution is -2.45. The zero-order valence-corrected chi connectivity index (χ0v) is 23.7. The number of aromatic nitrogens is 2. The lowest BCUT2D eigenvalue weighted by atomic mass is 9.84. The van der Waals surface area contributed by atoms with Gasteiger partial charge in [-0.15, -0.1) is 0 Å². The van der Waals surface area contributed by atoms with E-state index < -0.39 is 43.8 Å². The Balaban J connectivity index is 1.43. The second kappa shape index (κ2) is 10.5. The van der Waals surface area contributed by atoms with Crippen molar-refractivity contribution >= 4 is 33.3 Å². The standard InChI is InChI=1S/C27H31F2N7O4S/c1-27(2)15-36(41(39,40)19-11-16(28)10-17(29)12-19)14-22-23(27)32-33-25(22)31-26(38)20-5-4-18(13-21(20)24(30)37)35-8-6-34(3)7-9-35/h4-5,10-13H,6-9,14-15H2,1-3H3,(H2,30,37)(H2,31,32,33,38). The molecular weight excluding hydrogens is 556 g/mol. The number of nitrogens with zero attached hydrogens (tertiary/aromatic N) is 4. The summed E-state index contributed by atoms with van der Waals surface area (Å²) in [5.74, 6) is -3.37. The number of nitrogens with one attached hydrogen (secondary N) is 2. The van der Waals surface area contributed by atoms with E-state index in [1.54, 1.807) is 26.0 Å². The zero-order chi connectivity index (χ0) is 29.7. The Hall–Kier alpha value is -3.88. The van der Waals surface area contributed by atoms with Crippen LogP contribution in [0.2, 0.25) is 0 Å². The van der Waals surface area contributed by atoms with Crippen LogP contribution in [0.1, 0.15) is 45.8 Å². The van der Waals surface area contributed by atoms with Crippen LogP contribution in [-0.2, 0) is 22.0 Å². The van der Waals surface area contributed by atoms with Gasteiger partial charge in [0.25, 0.3) is 5.91 Å². The molecule has 0 unspecified atom stereocenters. The lowest BCUT2D eigenvalue weighted by molar-refractivity contribution is 0.0977. The number of sulfonamides is 1. The van der Waals surface area contributed by atoms with Crippen molar-refractivity contribution < 1.29 is 26.8 Å². The number of primary amides is 1. The third-order valence-electron chi connectivity index (χ3n) is 7.54. The number of anilines is 2. The van der Waals surface area contributed by atoms with Gasteiger partial charge in [-0.3, -0.25) is 14.7 Å². The molecule has 0 atom stereocenters. The van der Waals surface area contributed by atoms with Crippen LogP contribution in [0.15, 0.2) is 41.3 Å². The SMILES string of the molecule is CN1CCN(c2ccc(C(=O)Nc3n[nH]c4c3CN(S(=O)(=O)c3cc(F)cc(F)c3)CC4(C)C)c(C(N)=O)c2)CC1. The Kier molecular flexibility index (Phi) is 7.34. The van der Waals surface area contributed by atoms with Crippen LogP contribution in [0.25, 0.3) is 0 Å². The molecule has 2 aromatic carbocycles. The van der Waals surface area contributed by atoms with Crippen LogP contribution in [0, 0.1) is 11.6 Å². The first-order valence-corrected chi connectivity index (χ1v) is 14.4. The Bertz CT molecular complexity index is 1610. The van der Waals surface area contributed by atoms with Gasteiger partial charge in [-0.25, -0.2) is 17.2 Å². The molecular formula is C27H31F2N7O4S. The van der Waals surface area contributed by atoms with Gasteiger partial charge in [0, 0.05) is 67.7 Å². The Morgan fingerprint density at radius 1 is 1.02 bits per heavy atom. The summed E-state index contributed by atoms with van der Waals surface area (Å²) in [4.78, 5) is 29.5. The molecule has 14 heteroatoms. The predicted octanol–water partition coefficient (Wildman–Crippen LogP) is 2.27. The van der Waals surface area contributed by atoms with Crippen molar-refractivity contribution in [2.75, 3.05) is 50.0 Å². The van der Waals surface area contributed by atoms with Crippen molar-refractivity contribution in [1.29, 1.82) is 0 Å². The molecule has 3 heterocycles. The number of amides is 2. The Morgan fingerprint density at radius 3 is 2.32 bits per heavy atom. The third-order valence-corrected chi connectivity index (χ3v) is 9.31. The molecule has 4 N–H and O–H groups in total. The monoisotopic (exact) mass is 587 g/mol. The van der Waals surface area contributed by atoms with Gasteiger partial charge in [-0.2, -0.15) is 9.40 Å². The van der Waals surface area contributed by atoms with Crippen molar-refractivity contribution in [3.8, 4) is 0 Å². The molecule has 2 amide bonds. The average molecular weight is 588 g/mol. The Labute approximate surface area is 236 Å². The topological polar surface area (TPSA) is 145 Å². The first kappa shape index (κ1) is 28.6. The second-order valence-corrected chi connectivity index (χ2v) is 13.0. The molecule has 0 aliphatic carbocycles. The third kappa shape index (κ3) is 5.54. The maximum absolute atomic E-state index is 13.8. The molecule has 2 aliphatic heterocycles. The fourth-order valence-corrected chi connectivity index (χ4v) is 6.91. The average Bonchev–Trinajstić information content (AvgIpc) is 3.31. The number of rotatable bonds is 6. The van der Waals surface area contributed by atoms with E-state index in [-0.39, 0.29) is 30.0 Å². The number of likely N-dealkylation sites (N-methyl/N-ethyl adjacent to an activating group) is 1. The molecule has 1 aromatic heterocycles. The molecule has 3 aromatic rings. The molecule has 5 rings (SSSR count). The summed E-state index contributed by atoms with van der Waals surface area (Å²) in [5, 5.41) is 9.79. The van der Waals surface area contributed by atoms with Gasteiger partial charge in [0.1, 0.15) is 11.6 Å². The van der Waals surface area contributed by atoms with E-state index in [2.05, 4.69) is 25.3 Å². The van der Waals surface area contributed by atoms with Crippen molar-refractivity contribution in [1.82, 2.24) is 19.4 Å². The number of piperazine rings is 1. The molecule has 41 heavy (non-hydrogen) atoms. The highest BCUT2D eigenvalue weighted by atomic mass is 32.2. The van der Waals surface area contributed by atoms with E-state index in [9.17, 15) is 26.8 Å². The van der Waals surface area contributed by atoms with Crippen molar-refractivity contribution in [2.45, 2.75) is 30.7 Å². The molecule has 1 fully saturated rings. The predicted molar refractivity (Wildman–Crippen MR) is 148 cm³/mol. The minimum Gasteiger partial charge on any atom is -0.369 e. The quantitative estimate of drug-likeness (QED) is 0.401. The van der Waals surface area contributed by atoms with Gasteiger partial charge in [0.15, 0.2) is 5.82 Å². The fraction of sp³-hybridized carbons (Fsp3) is 0.370. The molecule has 1 saturated heterocycles. The summed E-state index contributed by atoms with van der Waals surface area (Å²) in [6.07, 6.45) is 0. The zero-order valence-electron chi connectivity index (χ0n) is 22.9. The van der Waals surface area contributed by atoms with Crippen molar-refractivity contribution in [3.63, 3.8) is 0 Å². The lowest BCUT2D eigenvalue weighted by Gasteiger charge is -2.36. The number of hydrogen-bond donors (Lipinski definition) is 3. The first-order chi connectivity index (χ1) is 19.3. The van der Waals surface area contributed by atoms with Gasteiger partial charge in [0.2, 0.25) is 15.9 Å². The number of H-pyrrole nitrogens is 1. The van der Waals surface area contributed by atoms with Crippen LogP contribution in [0.5, 0.6) is 0 Å². The molecule has 218 valence electrons. The fourth-order valence-electron chi connectivity index (χ4n) is 5.30. The number of hydrogen-bond acceptors (Lipinski definition) is 7. The largest absolute Gasteiger partial charge is 0.369 e. The molecule has 0 spiro atoms. The van der Waals surface area contributed by atoms with Crippen LogP contribution in [0.4, 0.5) is 20.3 Å². The molecule has 2 aliphatic rings. The highest BCUT2D eigenvalue weighted by Crippen LogP contribution is 2.38. The second-order valence-electron chi connectivity index (χ2n) is 11.0. The molecule has 11 nitrogen and oxygen atoms in total. The first-order valence-electron chi connectivity index (χ1n) is 13.0. The van der Waals surface area contributed by atoms with Crippen LogP contribution in [0.3, 0.4) is 0 Å². The summed E-state index contributed by atoms with van der Waals surface area (Å²) >= 11 is 0. The van der Waals surface area contributed by atoms with E-state index in [1.165, 1.54) is 6.07 Å². The van der Waals surface area contributed by atoms with Crippen LogP contribution >= 0.6 is 0 Å². The van der Waals surface area contributed by atoms with Gasteiger partial charge in [0.05, 0.1) is 16.0 Å². The van der Waals surface area contributed by atoms with Gasteiger partial charge in [-0.05, 0) is 37.4 Å². The number of carbonyl (C=O) groups is 2. The molecule has 0 saturated carbocycles. The number of halogens is 2. The number of aromatic amines is 1. The van der Waals surface area contributed by atoms with Gasteiger partial charge >= 0.3 is 0 Å². The normalized spacial score (nSPS) is 17.7. The van der Waals surface area contributed by atoms with E-state index in [4.69, 9.17) is 5.73 Å². The Morgan fingerprint density at radius 2 is 1.68 bits per heavy atom. The number of benzene rings is 2. The van der Waals surface area contributed by atoms with Crippen molar-refractivity contribution in [2.24, 2.45) is 5.73 Å². The number of carbonyl (C=O) groups excluding carboxylic acids is 2. The summed E-state index contributed by atoms with van der Waals surface area (Å²) in [5.41, 5.74) is 6.71. The summed E-state index contributed by atoms with van der Waals surface area (Å²) in [7, 11) is -2.27. The van der Waals surface area contributed by atoms with Gasteiger partial charge in [-0.1, -0.05) is 13.8 Å². The van der Waals surface area contributed by atoms with E-state index in [1.807, 2.05) is 7.05 Å².